The van der Waals surface area contributed by atoms with E-state index >= 15 is 0 Å². The van der Waals surface area contributed by atoms with Crippen LogP contribution in [0.25, 0.3) is 0 Å². The molecule has 23 heavy (non-hydrogen) atoms. The molecule has 1 N–H and O–H groups in total. The Morgan fingerprint density at radius 2 is 1.74 bits per heavy atom. The van der Waals surface area contributed by atoms with Gasteiger partial charge in [-0.2, -0.15) is 0 Å². The van der Waals surface area contributed by atoms with Crippen molar-refractivity contribution >= 4 is 5.91 Å². The molecule has 0 atom stereocenters. The summed E-state index contributed by atoms with van der Waals surface area (Å²) in [5.74, 6) is 1.44. The zero-order chi connectivity index (χ0) is 16.5. The number of nitrogens with one attached hydrogen (secondary N) is 1. The Morgan fingerprint density at radius 3 is 2.48 bits per heavy atom. The van der Waals surface area contributed by atoms with E-state index in [0.717, 1.165) is 22.6 Å². The predicted molar refractivity (Wildman–Crippen MR) is 93.5 cm³/mol. The Balaban J connectivity index is 2.06. The molecular weight excluding hydrogens is 286 g/mol. The first-order valence-electron chi connectivity index (χ1n) is 7.59. The van der Waals surface area contributed by atoms with E-state index < -0.39 is 0 Å². The number of carbonyl (C=O) groups excluding carboxylic acids is 1. The highest BCUT2D eigenvalue weighted by atomic mass is 16.5. The zero-order valence-corrected chi connectivity index (χ0v) is 13.5. The van der Waals surface area contributed by atoms with Crippen LogP contribution >= 0.6 is 0 Å². The summed E-state index contributed by atoms with van der Waals surface area (Å²) >= 11 is 0. The maximum absolute atomic E-state index is 11.7. The van der Waals surface area contributed by atoms with Crippen LogP contribution in [0.5, 0.6) is 11.5 Å². The second kappa shape index (κ2) is 8.59. The SMILES string of the molecule is C/C=C/C=C/C(=O)NCc1ccccc1Oc1ccccc1C. The van der Waals surface area contributed by atoms with Gasteiger partial charge in [0.2, 0.25) is 5.91 Å². The van der Waals surface area contributed by atoms with Crippen molar-refractivity contribution in [3.8, 4) is 11.5 Å². The van der Waals surface area contributed by atoms with E-state index in [4.69, 9.17) is 4.74 Å². The summed E-state index contributed by atoms with van der Waals surface area (Å²) in [5, 5.41) is 2.86. The molecule has 0 saturated carbocycles. The third-order valence-electron chi connectivity index (χ3n) is 3.29. The Hall–Kier alpha value is -2.81. The first-order chi connectivity index (χ1) is 11.2. The minimum Gasteiger partial charge on any atom is -0.457 e. The van der Waals surface area contributed by atoms with Gasteiger partial charge < -0.3 is 10.1 Å². The van der Waals surface area contributed by atoms with Crippen molar-refractivity contribution in [2.45, 2.75) is 20.4 Å². The number of para-hydroxylation sites is 2. The average Bonchev–Trinajstić information content (AvgIpc) is 2.56. The van der Waals surface area contributed by atoms with Crippen LogP contribution in [0.15, 0.2) is 72.8 Å². The van der Waals surface area contributed by atoms with Crippen LogP contribution in [0, 0.1) is 6.92 Å². The lowest BCUT2D eigenvalue weighted by Crippen LogP contribution is -2.20. The largest absolute Gasteiger partial charge is 0.457 e. The second-order valence-corrected chi connectivity index (χ2v) is 5.08. The standard InChI is InChI=1S/C20H21NO2/c1-3-4-5-14-20(22)21-15-17-11-7-9-13-19(17)23-18-12-8-6-10-16(18)2/h3-14H,15H2,1-2H3,(H,21,22)/b4-3+,14-5+. The molecule has 0 aliphatic heterocycles. The van der Waals surface area contributed by atoms with Gasteiger partial charge in [-0.05, 0) is 31.5 Å². The highest BCUT2D eigenvalue weighted by Crippen LogP contribution is 2.27. The van der Waals surface area contributed by atoms with Crippen molar-refractivity contribution in [1.82, 2.24) is 5.32 Å². The lowest BCUT2D eigenvalue weighted by atomic mass is 10.2. The number of aryl methyl sites for hydroxylation is 1. The van der Waals surface area contributed by atoms with E-state index in [9.17, 15) is 4.79 Å². The molecule has 1 amide bonds. The Kier molecular flexibility index (Phi) is 6.18. The number of hydrogen-bond acceptors (Lipinski definition) is 2. The Labute approximate surface area is 137 Å². The average molecular weight is 307 g/mol. The summed E-state index contributed by atoms with van der Waals surface area (Å²) in [7, 11) is 0. The van der Waals surface area contributed by atoms with Crippen molar-refractivity contribution in [1.29, 1.82) is 0 Å². The minimum absolute atomic E-state index is 0.131. The number of carbonyl (C=O) groups is 1. The molecule has 3 nitrogen and oxygen atoms in total. The number of allylic oxidation sites excluding steroid dienone is 3. The van der Waals surface area contributed by atoms with Gasteiger partial charge in [-0.25, -0.2) is 0 Å². The third kappa shape index (κ3) is 5.15. The normalized spacial score (nSPS) is 11.0. The summed E-state index contributed by atoms with van der Waals surface area (Å²) in [6.45, 7) is 4.33. The molecule has 2 aromatic carbocycles. The molecule has 0 aliphatic carbocycles. The van der Waals surface area contributed by atoms with Crippen molar-refractivity contribution in [2.24, 2.45) is 0 Å². The van der Waals surface area contributed by atoms with Crippen LogP contribution in [0.3, 0.4) is 0 Å². The van der Waals surface area contributed by atoms with Gasteiger partial charge in [0.15, 0.2) is 0 Å². The Morgan fingerprint density at radius 1 is 1.04 bits per heavy atom. The van der Waals surface area contributed by atoms with Crippen LogP contribution in [-0.2, 0) is 11.3 Å². The quantitative estimate of drug-likeness (QED) is 0.628. The van der Waals surface area contributed by atoms with Gasteiger partial charge in [-0.1, -0.05) is 54.6 Å². The maximum atomic E-state index is 11.7. The van der Waals surface area contributed by atoms with Gasteiger partial charge in [0.1, 0.15) is 11.5 Å². The molecular formula is C20H21NO2. The van der Waals surface area contributed by atoms with Crippen molar-refractivity contribution in [2.75, 3.05) is 0 Å². The molecule has 0 fully saturated rings. The molecule has 0 spiro atoms. The van der Waals surface area contributed by atoms with E-state index in [1.165, 1.54) is 6.08 Å². The first-order valence-corrected chi connectivity index (χ1v) is 7.59. The number of benzene rings is 2. The van der Waals surface area contributed by atoms with Crippen molar-refractivity contribution < 1.29 is 9.53 Å². The van der Waals surface area contributed by atoms with Crippen molar-refractivity contribution in [3.05, 3.63) is 84.0 Å². The molecule has 0 unspecified atom stereocenters. The van der Waals surface area contributed by atoms with E-state index in [1.807, 2.05) is 74.5 Å². The zero-order valence-electron chi connectivity index (χ0n) is 13.5. The first kappa shape index (κ1) is 16.6. The van der Waals surface area contributed by atoms with E-state index in [2.05, 4.69) is 5.32 Å². The second-order valence-electron chi connectivity index (χ2n) is 5.08. The predicted octanol–water partition coefficient (Wildman–Crippen LogP) is 4.54. The summed E-state index contributed by atoms with van der Waals surface area (Å²) in [4.78, 5) is 11.7. The molecule has 118 valence electrons. The molecule has 0 saturated heterocycles. The summed E-state index contributed by atoms with van der Waals surface area (Å²) < 4.78 is 5.99. The molecule has 3 heteroatoms. The maximum Gasteiger partial charge on any atom is 0.244 e. The molecule has 0 heterocycles. The van der Waals surface area contributed by atoms with Gasteiger partial charge in [-0.3, -0.25) is 4.79 Å². The van der Waals surface area contributed by atoms with Gasteiger partial charge >= 0.3 is 0 Å². The molecule has 2 rings (SSSR count). The lowest BCUT2D eigenvalue weighted by molar-refractivity contribution is -0.116. The highest BCUT2D eigenvalue weighted by Gasteiger charge is 2.06. The molecule has 0 bridgehead atoms. The fourth-order valence-corrected chi connectivity index (χ4v) is 2.03. The monoisotopic (exact) mass is 307 g/mol. The van der Waals surface area contributed by atoms with Gasteiger partial charge in [0, 0.05) is 18.2 Å². The lowest BCUT2D eigenvalue weighted by Gasteiger charge is -2.13. The summed E-state index contributed by atoms with van der Waals surface area (Å²) in [5.41, 5.74) is 2.00. The molecule has 2 aromatic rings. The van der Waals surface area contributed by atoms with Crippen LogP contribution in [0.4, 0.5) is 0 Å². The molecule has 0 radical (unpaired) electrons. The number of rotatable bonds is 6. The highest BCUT2D eigenvalue weighted by molar-refractivity contribution is 5.87. The third-order valence-corrected chi connectivity index (χ3v) is 3.29. The van der Waals surface area contributed by atoms with Gasteiger partial charge in [-0.15, -0.1) is 0 Å². The van der Waals surface area contributed by atoms with Gasteiger partial charge in [0.05, 0.1) is 0 Å². The topological polar surface area (TPSA) is 38.3 Å². The van der Waals surface area contributed by atoms with Gasteiger partial charge in [0.25, 0.3) is 0 Å². The van der Waals surface area contributed by atoms with E-state index in [-0.39, 0.29) is 5.91 Å². The number of ether oxygens (including phenoxy) is 1. The smallest absolute Gasteiger partial charge is 0.244 e. The van der Waals surface area contributed by atoms with Crippen LogP contribution < -0.4 is 10.1 Å². The fraction of sp³-hybridized carbons (Fsp3) is 0.150. The minimum atomic E-state index is -0.131. The van der Waals surface area contributed by atoms with Crippen LogP contribution in [0.2, 0.25) is 0 Å². The van der Waals surface area contributed by atoms with Crippen LogP contribution in [0.1, 0.15) is 18.1 Å². The molecule has 0 aromatic heterocycles. The summed E-state index contributed by atoms with van der Waals surface area (Å²) in [6.07, 6.45) is 6.90. The molecule has 0 aliphatic rings. The fourth-order valence-electron chi connectivity index (χ4n) is 2.03. The van der Waals surface area contributed by atoms with Crippen LogP contribution in [-0.4, -0.2) is 5.91 Å². The summed E-state index contributed by atoms with van der Waals surface area (Å²) in [6, 6.07) is 15.6. The number of amides is 1. The van der Waals surface area contributed by atoms with Crippen molar-refractivity contribution in [3.63, 3.8) is 0 Å². The van der Waals surface area contributed by atoms with E-state index in [0.29, 0.717) is 6.54 Å². The number of hydrogen-bond donors (Lipinski definition) is 1. The van der Waals surface area contributed by atoms with E-state index in [1.54, 1.807) is 6.08 Å². The Bertz CT molecular complexity index is 717.